The number of hydrogen-bond acceptors (Lipinski definition) is 2. The van der Waals surface area contributed by atoms with Crippen molar-refractivity contribution < 1.29 is 0 Å². The van der Waals surface area contributed by atoms with Crippen LogP contribution in [0.5, 0.6) is 0 Å². The monoisotopic (exact) mass is 281 g/mol. The van der Waals surface area contributed by atoms with Gasteiger partial charge in [0.2, 0.25) is 0 Å². The maximum atomic E-state index is 4.59. The second kappa shape index (κ2) is 5.64. The van der Waals surface area contributed by atoms with Crippen LogP contribution in [0.1, 0.15) is 48.2 Å². The molecule has 1 aromatic carbocycles. The Morgan fingerprint density at radius 2 is 2.00 bits per heavy atom. The van der Waals surface area contributed by atoms with Gasteiger partial charge in [-0.2, -0.15) is 0 Å². The van der Waals surface area contributed by atoms with E-state index in [1.807, 2.05) is 6.33 Å². The van der Waals surface area contributed by atoms with Gasteiger partial charge in [0.25, 0.3) is 0 Å². The number of rotatable bonds is 5. The van der Waals surface area contributed by atoms with Gasteiger partial charge in [0, 0.05) is 24.8 Å². The Hall–Kier alpha value is -1.61. The van der Waals surface area contributed by atoms with Crippen LogP contribution in [0.2, 0.25) is 0 Å². The van der Waals surface area contributed by atoms with Crippen molar-refractivity contribution in [2.75, 3.05) is 0 Å². The molecule has 0 spiro atoms. The van der Waals surface area contributed by atoms with Gasteiger partial charge in [-0.25, -0.2) is 4.98 Å². The van der Waals surface area contributed by atoms with Crippen molar-refractivity contribution in [2.45, 2.75) is 57.7 Å². The van der Waals surface area contributed by atoms with E-state index in [2.05, 4.69) is 39.1 Å². The highest BCUT2D eigenvalue weighted by Crippen LogP contribution is 2.22. The van der Waals surface area contributed by atoms with Crippen LogP contribution < -0.4 is 5.32 Å². The maximum absolute atomic E-state index is 4.59. The summed E-state index contributed by atoms with van der Waals surface area (Å²) in [4.78, 5) is 4.59. The zero-order valence-corrected chi connectivity index (χ0v) is 12.5. The van der Waals surface area contributed by atoms with Gasteiger partial charge in [-0.15, -0.1) is 0 Å². The lowest BCUT2D eigenvalue weighted by molar-refractivity contribution is 0.628. The van der Waals surface area contributed by atoms with Crippen LogP contribution >= 0.6 is 0 Å². The van der Waals surface area contributed by atoms with E-state index in [1.54, 1.807) is 0 Å². The first-order chi connectivity index (χ1) is 10.4. The number of imidazole rings is 1. The fourth-order valence-corrected chi connectivity index (χ4v) is 3.25. The van der Waals surface area contributed by atoms with Crippen LogP contribution in [0.4, 0.5) is 0 Å². The Bertz CT molecular complexity index is 625. The lowest BCUT2D eigenvalue weighted by Crippen LogP contribution is -2.15. The molecule has 2 aliphatic rings. The van der Waals surface area contributed by atoms with E-state index in [4.69, 9.17) is 0 Å². The molecular formula is C18H23N3. The molecule has 1 aromatic heterocycles. The van der Waals surface area contributed by atoms with Crippen LogP contribution in [0.25, 0.3) is 0 Å². The molecular weight excluding hydrogens is 258 g/mol. The lowest BCUT2D eigenvalue weighted by Gasteiger charge is -2.14. The van der Waals surface area contributed by atoms with E-state index in [9.17, 15) is 0 Å². The molecule has 0 atom stereocenters. The maximum Gasteiger partial charge on any atom is 0.0954 e. The van der Waals surface area contributed by atoms with E-state index in [0.29, 0.717) is 0 Å². The topological polar surface area (TPSA) is 29.9 Å². The minimum atomic E-state index is 0.773. The van der Waals surface area contributed by atoms with E-state index < -0.39 is 0 Å². The average Bonchev–Trinajstić information content (AvgIpc) is 3.27. The number of nitrogens with one attached hydrogen (secondary N) is 1. The summed E-state index contributed by atoms with van der Waals surface area (Å²) in [6.45, 7) is 1.96. The van der Waals surface area contributed by atoms with Crippen LogP contribution in [0.15, 0.2) is 30.6 Å². The highest BCUT2D eigenvalue weighted by atomic mass is 15.1. The van der Waals surface area contributed by atoms with Gasteiger partial charge in [-0.05, 0) is 49.7 Å². The summed E-state index contributed by atoms with van der Waals surface area (Å²) in [6, 6.07) is 9.75. The Balaban J connectivity index is 1.48. The van der Waals surface area contributed by atoms with Gasteiger partial charge in [-0.1, -0.05) is 24.3 Å². The van der Waals surface area contributed by atoms with Crippen molar-refractivity contribution in [1.82, 2.24) is 14.9 Å². The van der Waals surface area contributed by atoms with E-state index in [-0.39, 0.29) is 0 Å². The zero-order valence-electron chi connectivity index (χ0n) is 12.5. The van der Waals surface area contributed by atoms with Crippen LogP contribution in [0, 0.1) is 0 Å². The van der Waals surface area contributed by atoms with Gasteiger partial charge in [-0.3, -0.25) is 0 Å². The highest BCUT2D eigenvalue weighted by Gasteiger charge is 2.20. The smallest absolute Gasteiger partial charge is 0.0954 e. The Kier molecular flexibility index (Phi) is 3.52. The second-order valence-electron chi connectivity index (χ2n) is 6.45. The first-order valence-electron chi connectivity index (χ1n) is 8.22. The molecule has 1 saturated carbocycles. The molecule has 1 fully saturated rings. The van der Waals surface area contributed by atoms with Crippen molar-refractivity contribution in [1.29, 1.82) is 0 Å². The molecule has 2 aliphatic carbocycles. The summed E-state index contributed by atoms with van der Waals surface area (Å²) in [5.41, 5.74) is 5.57. The summed E-state index contributed by atoms with van der Waals surface area (Å²) in [5.74, 6) is 0. The molecule has 110 valence electrons. The number of hydrogen-bond donors (Lipinski definition) is 1. The van der Waals surface area contributed by atoms with Gasteiger partial charge in [0.1, 0.15) is 0 Å². The summed E-state index contributed by atoms with van der Waals surface area (Å²) < 4.78 is 2.35. The quantitative estimate of drug-likeness (QED) is 0.913. The Morgan fingerprint density at radius 3 is 2.90 bits per heavy atom. The molecule has 4 rings (SSSR count). The van der Waals surface area contributed by atoms with Crippen molar-refractivity contribution in [3.05, 3.63) is 53.1 Å². The van der Waals surface area contributed by atoms with Gasteiger partial charge < -0.3 is 9.88 Å². The molecule has 0 bridgehead atoms. The third-order valence-corrected chi connectivity index (χ3v) is 4.63. The second-order valence-corrected chi connectivity index (χ2v) is 6.45. The molecule has 0 saturated heterocycles. The van der Waals surface area contributed by atoms with Gasteiger partial charge >= 0.3 is 0 Å². The Morgan fingerprint density at radius 1 is 1.14 bits per heavy atom. The summed E-state index contributed by atoms with van der Waals surface area (Å²) >= 11 is 0. The number of nitrogens with zero attached hydrogens (tertiary/aromatic N) is 2. The first kappa shape index (κ1) is 13.1. The summed E-state index contributed by atoms with van der Waals surface area (Å²) in [7, 11) is 0. The number of fused-ring (bicyclic) bond motifs is 1. The number of benzene rings is 1. The van der Waals surface area contributed by atoms with E-state index in [0.717, 1.165) is 25.6 Å². The molecule has 0 aliphatic heterocycles. The third kappa shape index (κ3) is 3.03. The largest absolute Gasteiger partial charge is 0.330 e. The number of aryl methyl sites for hydroxylation is 1. The standard InChI is InChI=1S/C18H23N3/c1-2-7-18-17(6-1)20-13-21(18)12-15-5-3-4-14(10-15)11-19-16-8-9-16/h3-5,10,13,16,19H,1-2,6-9,11-12H2. The molecule has 1 heterocycles. The lowest BCUT2D eigenvalue weighted by atomic mass is 10.0. The summed E-state index contributed by atoms with van der Waals surface area (Å²) in [5, 5.41) is 3.59. The molecule has 2 aromatic rings. The number of aromatic nitrogens is 2. The van der Waals surface area contributed by atoms with Crippen molar-refractivity contribution in [3.63, 3.8) is 0 Å². The average molecular weight is 281 g/mol. The minimum Gasteiger partial charge on any atom is -0.330 e. The third-order valence-electron chi connectivity index (χ3n) is 4.63. The fraction of sp³-hybridized carbons (Fsp3) is 0.500. The van der Waals surface area contributed by atoms with E-state index in [1.165, 1.54) is 54.6 Å². The van der Waals surface area contributed by atoms with Crippen LogP contribution in [-0.4, -0.2) is 15.6 Å². The van der Waals surface area contributed by atoms with Crippen LogP contribution in [-0.2, 0) is 25.9 Å². The van der Waals surface area contributed by atoms with E-state index >= 15 is 0 Å². The normalized spacial score (nSPS) is 17.7. The first-order valence-corrected chi connectivity index (χ1v) is 8.22. The van der Waals surface area contributed by atoms with Crippen molar-refractivity contribution in [3.8, 4) is 0 Å². The molecule has 3 heteroatoms. The molecule has 21 heavy (non-hydrogen) atoms. The molecule has 0 unspecified atom stereocenters. The minimum absolute atomic E-state index is 0.773. The Labute approximate surface area is 126 Å². The molecule has 0 radical (unpaired) electrons. The zero-order chi connectivity index (χ0) is 14.1. The fourth-order valence-electron chi connectivity index (χ4n) is 3.25. The SMILES string of the molecule is c1cc(CNC2CC2)cc(Cn2cnc3c2CCCC3)c1. The molecule has 1 N–H and O–H groups in total. The van der Waals surface area contributed by atoms with Gasteiger partial charge in [0.15, 0.2) is 0 Å². The molecule has 0 amide bonds. The predicted molar refractivity (Wildman–Crippen MR) is 84.3 cm³/mol. The van der Waals surface area contributed by atoms with Crippen molar-refractivity contribution >= 4 is 0 Å². The van der Waals surface area contributed by atoms with Crippen molar-refractivity contribution in [2.24, 2.45) is 0 Å². The summed E-state index contributed by atoms with van der Waals surface area (Å²) in [6.07, 6.45) is 9.69. The highest BCUT2D eigenvalue weighted by molar-refractivity contribution is 5.25. The predicted octanol–water partition coefficient (Wildman–Crippen LogP) is 3.06. The van der Waals surface area contributed by atoms with Gasteiger partial charge in [0.05, 0.1) is 12.0 Å². The molecule has 3 nitrogen and oxygen atoms in total. The van der Waals surface area contributed by atoms with Crippen LogP contribution in [0.3, 0.4) is 0 Å².